The molecule has 5 nitrogen and oxygen atoms in total. The molecule has 108 valence electrons. The first-order valence-corrected chi connectivity index (χ1v) is 6.83. The van der Waals surface area contributed by atoms with Gasteiger partial charge in [-0.1, -0.05) is 13.0 Å². The minimum atomic E-state index is -0.340. The Labute approximate surface area is 120 Å². The molecule has 0 N–H and O–H groups in total. The van der Waals surface area contributed by atoms with Crippen LogP contribution in [0.1, 0.15) is 24.7 Å². The average Bonchev–Trinajstić information content (AvgIpc) is 2.87. The highest BCUT2D eigenvalue weighted by Gasteiger charge is 2.11. The van der Waals surface area contributed by atoms with Gasteiger partial charge in [0.1, 0.15) is 11.6 Å². The van der Waals surface area contributed by atoms with E-state index in [1.807, 2.05) is 6.92 Å². The molecule has 0 bridgehead atoms. The average molecular weight is 286 g/mol. The molecule has 0 aliphatic heterocycles. The summed E-state index contributed by atoms with van der Waals surface area (Å²) < 4.78 is 16.7. The van der Waals surface area contributed by atoms with E-state index in [4.69, 9.17) is 0 Å². The Morgan fingerprint density at radius 3 is 2.76 bits per heavy atom. The minimum absolute atomic E-state index is 0.252. The first-order valence-electron chi connectivity index (χ1n) is 6.83. The minimum Gasteiger partial charge on any atom is -0.280 e. The van der Waals surface area contributed by atoms with Gasteiger partial charge in [0.2, 0.25) is 5.65 Å². The standard InChI is InChI=1S/C15H15FN4O/c1-3-4-13-17-18-14-15(21)19(7-8-20(13)14)11-6-5-10(2)12(16)9-11/h5-9H,3-4H2,1-2H3. The summed E-state index contributed by atoms with van der Waals surface area (Å²) in [7, 11) is 0. The molecule has 6 heteroatoms. The van der Waals surface area contributed by atoms with Crippen molar-refractivity contribution in [3.63, 3.8) is 0 Å². The zero-order chi connectivity index (χ0) is 15.0. The summed E-state index contributed by atoms with van der Waals surface area (Å²) in [6.07, 6.45) is 5.03. The first-order chi connectivity index (χ1) is 10.1. The molecule has 0 saturated carbocycles. The summed E-state index contributed by atoms with van der Waals surface area (Å²) >= 11 is 0. The van der Waals surface area contributed by atoms with Crippen molar-refractivity contribution < 1.29 is 4.39 Å². The fourth-order valence-electron chi connectivity index (χ4n) is 2.26. The maximum Gasteiger partial charge on any atom is 0.300 e. The highest BCUT2D eigenvalue weighted by molar-refractivity contribution is 5.41. The molecule has 1 aromatic carbocycles. The van der Waals surface area contributed by atoms with Gasteiger partial charge in [-0.15, -0.1) is 10.2 Å². The number of aryl methyl sites for hydroxylation is 2. The van der Waals surface area contributed by atoms with Gasteiger partial charge in [-0.05, 0) is 31.0 Å². The van der Waals surface area contributed by atoms with Gasteiger partial charge in [-0.2, -0.15) is 0 Å². The zero-order valence-electron chi connectivity index (χ0n) is 11.9. The number of aromatic nitrogens is 4. The third-order valence-corrected chi connectivity index (χ3v) is 3.45. The molecule has 2 heterocycles. The maximum absolute atomic E-state index is 13.7. The van der Waals surface area contributed by atoms with Crippen LogP contribution in [0.2, 0.25) is 0 Å². The molecule has 0 amide bonds. The van der Waals surface area contributed by atoms with Gasteiger partial charge in [0, 0.05) is 18.8 Å². The summed E-state index contributed by atoms with van der Waals surface area (Å²) in [6.45, 7) is 3.72. The third kappa shape index (κ3) is 2.22. The number of halogens is 1. The number of fused-ring (bicyclic) bond motifs is 1. The van der Waals surface area contributed by atoms with E-state index in [9.17, 15) is 9.18 Å². The van der Waals surface area contributed by atoms with Gasteiger partial charge < -0.3 is 0 Å². The molecule has 0 atom stereocenters. The molecule has 0 spiro atoms. The van der Waals surface area contributed by atoms with Crippen LogP contribution in [0.15, 0.2) is 35.4 Å². The van der Waals surface area contributed by atoms with Crippen molar-refractivity contribution in [2.24, 2.45) is 0 Å². The quantitative estimate of drug-likeness (QED) is 0.742. The molecule has 2 aromatic heterocycles. The van der Waals surface area contributed by atoms with Crippen LogP contribution in [0.5, 0.6) is 0 Å². The summed E-state index contributed by atoms with van der Waals surface area (Å²) in [6, 6.07) is 4.70. The Morgan fingerprint density at radius 1 is 1.24 bits per heavy atom. The highest BCUT2D eigenvalue weighted by Crippen LogP contribution is 2.12. The van der Waals surface area contributed by atoms with Crippen molar-refractivity contribution in [2.45, 2.75) is 26.7 Å². The van der Waals surface area contributed by atoms with Crippen LogP contribution in [-0.4, -0.2) is 19.2 Å². The van der Waals surface area contributed by atoms with E-state index in [0.717, 1.165) is 18.7 Å². The number of hydrogen-bond acceptors (Lipinski definition) is 3. The molecule has 0 aliphatic rings. The maximum atomic E-state index is 13.7. The molecule has 0 radical (unpaired) electrons. The number of hydrogen-bond donors (Lipinski definition) is 0. The molecular weight excluding hydrogens is 271 g/mol. The van der Waals surface area contributed by atoms with E-state index in [1.165, 1.54) is 10.6 Å². The number of benzene rings is 1. The van der Waals surface area contributed by atoms with Gasteiger partial charge in [0.05, 0.1) is 5.69 Å². The fourth-order valence-corrected chi connectivity index (χ4v) is 2.26. The third-order valence-electron chi connectivity index (χ3n) is 3.45. The van der Waals surface area contributed by atoms with Crippen molar-refractivity contribution in [2.75, 3.05) is 0 Å². The van der Waals surface area contributed by atoms with E-state index in [0.29, 0.717) is 11.3 Å². The second-order valence-corrected chi connectivity index (χ2v) is 4.97. The SMILES string of the molecule is CCCc1nnc2c(=O)n(-c3ccc(C)c(F)c3)ccn12. The number of nitrogens with zero attached hydrogens (tertiary/aromatic N) is 4. The predicted octanol–water partition coefficient (Wildman–Crippen LogP) is 2.28. The van der Waals surface area contributed by atoms with Crippen molar-refractivity contribution in [1.82, 2.24) is 19.2 Å². The van der Waals surface area contributed by atoms with Crippen LogP contribution < -0.4 is 5.56 Å². The van der Waals surface area contributed by atoms with Crippen LogP contribution in [0.4, 0.5) is 4.39 Å². The van der Waals surface area contributed by atoms with Crippen molar-refractivity contribution in [3.05, 3.63) is 58.2 Å². The smallest absolute Gasteiger partial charge is 0.280 e. The van der Waals surface area contributed by atoms with Gasteiger partial charge in [-0.25, -0.2) is 4.39 Å². The molecule has 0 saturated heterocycles. The second kappa shape index (κ2) is 5.12. The molecular formula is C15H15FN4O. The lowest BCUT2D eigenvalue weighted by Gasteiger charge is -2.07. The molecule has 3 rings (SSSR count). The van der Waals surface area contributed by atoms with Crippen molar-refractivity contribution in [3.8, 4) is 5.69 Å². The van der Waals surface area contributed by atoms with E-state index >= 15 is 0 Å². The zero-order valence-corrected chi connectivity index (χ0v) is 11.9. The van der Waals surface area contributed by atoms with E-state index in [2.05, 4.69) is 10.2 Å². The first kappa shape index (κ1) is 13.5. The Kier molecular flexibility index (Phi) is 3.29. The topological polar surface area (TPSA) is 52.2 Å². The summed E-state index contributed by atoms with van der Waals surface area (Å²) in [5.41, 5.74) is 0.962. The molecule has 3 aromatic rings. The van der Waals surface area contributed by atoms with Crippen LogP contribution in [0, 0.1) is 12.7 Å². The van der Waals surface area contributed by atoms with Crippen LogP contribution in [0.3, 0.4) is 0 Å². The van der Waals surface area contributed by atoms with Gasteiger partial charge in [0.25, 0.3) is 0 Å². The normalized spacial score (nSPS) is 11.2. The van der Waals surface area contributed by atoms with Crippen molar-refractivity contribution in [1.29, 1.82) is 0 Å². The monoisotopic (exact) mass is 286 g/mol. The second-order valence-electron chi connectivity index (χ2n) is 4.97. The molecule has 0 unspecified atom stereocenters. The Balaban J connectivity index is 2.18. The molecule has 0 fully saturated rings. The fraction of sp³-hybridized carbons (Fsp3) is 0.267. The van der Waals surface area contributed by atoms with Crippen LogP contribution >= 0.6 is 0 Å². The van der Waals surface area contributed by atoms with Gasteiger partial charge in [-0.3, -0.25) is 13.8 Å². The van der Waals surface area contributed by atoms with Crippen molar-refractivity contribution >= 4 is 5.65 Å². The van der Waals surface area contributed by atoms with Gasteiger partial charge >= 0.3 is 5.56 Å². The van der Waals surface area contributed by atoms with E-state index in [1.54, 1.807) is 35.9 Å². The van der Waals surface area contributed by atoms with Gasteiger partial charge in [0.15, 0.2) is 0 Å². The summed E-state index contributed by atoms with van der Waals surface area (Å²) in [4.78, 5) is 12.5. The Hall–Kier alpha value is -2.50. The number of rotatable bonds is 3. The van der Waals surface area contributed by atoms with E-state index in [-0.39, 0.29) is 17.0 Å². The lowest BCUT2D eigenvalue weighted by atomic mass is 10.2. The molecule has 0 aliphatic carbocycles. The predicted molar refractivity (Wildman–Crippen MR) is 77.3 cm³/mol. The molecule has 21 heavy (non-hydrogen) atoms. The van der Waals surface area contributed by atoms with Crippen LogP contribution in [-0.2, 0) is 6.42 Å². The van der Waals surface area contributed by atoms with Crippen LogP contribution in [0.25, 0.3) is 11.3 Å². The Bertz CT molecular complexity index is 866. The lowest BCUT2D eigenvalue weighted by molar-refractivity contribution is 0.617. The summed E-state index contributed by atoms with van der Waals surface area (Å²) in [5, 5.41) is 7.99. The van der Waals surface area contributed by atoms with E-state index < -0.39 is 0 Å². The lowest BCUT2D eigenvalue weighted by Crippen LogP contribution is -2.20. The highest BCUT2D eigenvalue weighted by atomic mass is 19.1. The summed E-state index contributed by atoms with van der Waals surface area (Å²) in [5.74, 6) is 0.416. The largest absolute Gasteiger partial charge is 0.300 e. The Morgan fingerprint density at radius 2 is 2.05 bits per heavy atom.